The fourth-order valence-corrected chi connectivity index (χ4v) is 3.58. The van der Waals surface area contributed by atoms with Gasteiger partial charge in [-0.25, -0.2) is 0 Å². The molecule has 29 heavy (non-hydrogen) atoms. The highest BCUT2D eigenvalue weighted by Crippen LogP contribution is 2.16. The zero-order valence-electron chi connectivity index (χ0n) is 18.8. The Morgan fingerprint density at radius 1 is 0.586 bits per heavy atom. The number of unbranched alkanes of at least 4 members (excludes halogenated alkanes) is 18. The van der Waals surface area contributed by atoms with Gasteiger partial charge in [0.25, 0.3) is 0 Å². The summed E-state index contributed by atoms with van der Waals surface area (Å²) in [7, 11) is 0. The summed E-state index contributed by atoms with van der Waals surface area (Å²) in [6, 6.07) is 0. The van der Waals surface area contributed by atoms with Crippen LogP contribution in [0.5, 0.6) is 0 Å². The molecule has 0 aromatic heterocycles. The minimum absolute atomic E-state index is 0.0922. The van der Waals surface area contributed by atoms with E-state index in [1.54, 1.807) is 0 Å². The van der Waals surface area contributed by atoms with Crippen LogP contribution in [0.2, 0.25) is 0 Å². The molecule has 0 amide bonds. The molecule has 0 saturated carbocycles. The predicted molar refractivity (Wildman–Crippen MR) is 115 cm³/mol. The Kier molecular flexibility index (Phi) is 20.0. The summed E-state index contributed by atoms with van der Waals surface area (Å²) >= 11 is 0. The molecule has 0 fully saturated rings. The Hall–Kier alpha value is -0.740. The minimum Gasteiger partial charge on any atom is -0.456 e. The first-order valence-electron chi connectivity index (χ1n) is 12.2. The van der Waals surface area contributed by atoms with Gasteiger partial charge in [0.2, 0.25) is 0 Å². The number of carbonyl (C=O) groups excluding carboxylic acids is 1. The van der Waals surface area contributed by atoms with Gasteiger partial charge in [-0.2, -0.15) is 13.2 Å². The van der Waals surface area contributed by atoms with E-state index in [0.29, 0.717) is 6.42 Å². The average Bonchev–Trinajstić information content (AvgIpc) is 2.67. The van der Waals surface area contributed by atoms with E-state index in [-0.39, 0.29) is 6.42 Å². The number of hydrogen-bond donors (Lipinski definition) is 0. The molecule has 0 spiro atoms. The molecule has 0 aromatic rings. The molecular formula is C24H45F3O2. The van der Waals surface area contributed by atoms with Crippen LogP contribution in [-0.2, 0) is 9.53 Å². The minimum atomic E-state index is -4.43. The third kappa shape index (κ3) is 25.2. The fraction of sp³-hybridized carbons (Fsp3) is 0.958. The van der Waals surface area contributed by atoms with Gasteiger partial charge in [0, 0.05) is 6.42 Å². The summed E-state index contributed by atoms with van der Waals surface area (Å²) in [6.07, 6.45) is 19.8. The second-order valence-corrected chi connectivity index (χ2v) is 8.39. The molecule has 0 atom stereocenters. The van der Waals surface area contributed by atoms with Gasteiger partial charge >= 0.3 is 12.1 Å². The number of hydrogen-bond acceptors (Lipinski definition) is 2. The van der Waals surface area contributed by atoms with Crippen LogP contribution in [0.3, 0.4) is 0 Å². The molecule has 0 unspecified atom stereocenters. The molecule has 0 bridgehead atoms. The van der Waals surface area contributed by atoms with Crippen LogP contribution in [0.15, 0.2) is 0 Å². The normalized spacial score (nSPS) is 11.7. The monoisotopic (exact) mass is 422 g/mol. The van der Waals surface area contributed by atoms with Crippen molar-refractivity contribution in [2.75, 3.05) is 6.61 Å². The number of halogens is 3. The lowest BCUT2D eigenvalue weighted by molar-refractivity contribution is -0.186. The van der Waals surface area contributed by atoms with E-state index in [9.17, 15) is 18.0 Å². The lowest BCUT2D eigenvalue weighted by atomic mass is 10.0. The first kappa shape index (κ1) is 28.3. The third-order valence-electron chi connectivity index (χ3n) is 5.38. The molecule has 2 nitrogen and oxygen atoms in total. The van der Waals surface area contributed by atoms with Gasteiger partial charge in [-0.3, -0.25) is 4.79 Å². The summed E-state index contributed by atoms with van der Waals surface area (Å²) in [5.41, 5.74) is 0. The van der Waals surface area contributed by atoms with Crippen molar-refractivity contribution in [3.8, 4) is 0 Å². The lowest BCUT2D eigenvalue weighted by Gasteiger charge is -2.07. The maximum atomic E-state index is 11.9. The van der Waals surface area contributed by atoms with E-state index in [0.717, 1.165) is 19.3 Å². The molecule has 0 aromatic carbocycles. The van der Waals surface area contributed by atoms with Gasteiger partial charge in [0.1, 0.15) is 0 Å². The second kappa shape index (κ2) is 20.5. The summed E-state index contributed by atoms with van der Waals surface area (Å²) in [6.45, 7) is 0.796. The predicted octanol–water partition coefficient (Wildman–Crippen LogP) is 8.91. The van der Waals surface area contributed by atoms with Gasteiger partial charge in [-0.05, 0) is 6.42 Å². The maximum absolute atomic E-state index is 11.9. The van der Waals surface area contributed by atoms with Crippen LogP contribution in [-0.4, -0.2) is 18.8 Å². The van der Waals surface area contributed by atoms with Crippen LogP contribution in [0, 0.1) is 0 Å². The number of carbonyl (C=O) groups is 1. The van der Waals surface area contributed by atoms with E-state index >= 15 is 0 Å². The zero-order valence-corrected chi connectivity index (χ0v) is 18.8. The van der Waals surface area contributed by atoms with Crippen molar-refractivity contribution in [2.24, 2.45) is 0 Å². The van der Waals surface area contributed by atoms with Crippen molar-refractivity contribution in [3.05, 3.63) is 0 Å². The number of rotatable bonds is 21. The van der Waals surface area contributed by atoms with Crippen molar-refractivity contribution >= 4 is 5.97 Å². The Balaban J connectivity index is 3.12. The van der Waals surface area contributed by atoms with Crippen molar-refractivity contribution in [3.63, 3.8) is 0 Å². The summed E-state index contributed by atoms with van der Waals surface area (Å²) in [5, 5.41) is 0. The van der Waals surface area contributed by atoms with Crippen LogP contribution < -0.4 is 0 Å². The maximum Gasteiger partial charge on any atom is 0.422 e. The molecule has 0 aliphatic carbocycles. The van der Waals surface area contributed by atoms with Gasteiger partial charge in [-0.1, -0.05) is 122 Å². The summed E-state index contributed by atoms with van der Waals surface area (Å²) in [4.78, 5) is 11.1. The van der Waals surface area contributed by atoms with Crippen LogP contribution >= 0.6 is 0 Å². The highest BCUT2D eigenvalue weighted by Gasteiger charge is 2.29. The molecule has 0 radical (unpaired) electrons. The largest absolute Gasteiger partial charge is 0.456 e. The third-order valence-corrected chi connectivity index (χ3v) is 5.38. The van der Waals surface area contributed by atoms with E-state index in [1.807, 2.05) is 0 Å². The van der Waals surface area contributed by atoms with Crippen LogP contribution in [0.25, 0.3) is 0 Å². The first-order chi connectivity index (χ1) is 14.0. The zero-order chi connectivity index (χ0) is 21.6. The molecule has 174 valence electrons. The number of esters is 1. The highest BCUT2D eigenvalue weighted by atomic mass is 19.4. The first-order valence-corrected chi connectivity index (χ1v) is 12.2. The Labute approximate surface area is 177 Å². The molecule has 5 heteroatoms. The van der Waals surface area contributed by atoms with E-state index < -0.39 is 18.8 Å². The Bertz CT molecular complexity index is 357. The molecule has 0 saturated heterocycles. The van der Waals surface area contributed by atoms with Gasteiger partial charge in [-0.15, -0.1) is 0 Å². The summed E-state index contributed by atoms with van der Waals surface area (Å²) < 4.78 is 39.9. The van der Waals surface area contributed by atoms with Crippen molar-refractivity contribution < 1.29 is 22.7 Å². The quantitative estimate of drug-likeness (QED) is 0.136. The molecule has 0 N–H and O–H groups in total. The van der Waals surface area contributed by atoms with Gasteiger partial charge < -0.3 is 4.74 Å². The van der Waals surface area contributed by atoms with E-state index in [2.05, 4.69) is 11.7 Å². The Morgan fingerprint density at radius 3 is 1.21 bits per heavy atom. The van der Waals surface area contributed by atoms with Gasteiger partial charge in [0.05, 0.1) is 0 Å². The summed E-state index contributed by atoms with van der Waals surface area (Å²) in [5.74, 6) is -0.741. The standard InChI is InChI=1S/C24H45F3O2/c1-2-3-4-5-6-7-8-9-10-11-12-13-14-15-16-17-18-19-20-21-23(28)29-22-24(25,26)27/h2-22H2,1H3. The lowest BCUT2D eigenvalue weighted by Crippen LogP contribution is -2.20. The molecule has 0 aliphatic rings. The van der Waals surface area contributed by atoms with Gasteiger partial charge in [0.15, 0.2) is 6.61 Å². The molecular weight excluding hydrogens is 377 g/mol. The number of ether oxygens (including phenoxy) is 1. The topological polar surface area (TPSA) is 26.3 Å². The second-order valence-electron chi connectivity index (χ2n) is 8.39. The number of alkyl halides is 3. The molecule has 0 aliphatic heterocycles. The molecule has 0 rings (SSSR count). The average molecular weight is 423 g/mol. The molecule has 0 heterocycles. The van der Waals surface area contributed by atoms with Crippen molar-refractivity contribution in [2.45, 2.75) is 142 Å². The van der Waals surface area contributed by atoms with E-state index in [4.69, 9.17) is 0 Å². The Morgan fingerprint density at radius 2 is 0.897 bits per heavy atom. The van der Waals surface area contributed by atoms with Crippen molar-refractivity contribution in [1.29, 1.82) is 0 Å². The van der Waals surface area contributed by atoms with Crippen molar-refractivity contribution in [1.82, 2.24) is 0 Å². The van der Waals surface area contributed by atoms with E-state index in [1.165, 1.54) is 96.3 Å². The van der Waals surface area contributed by atoms with Crippen LogP contribution in [0.4, 0.5) is 13.2 Å². The smallest absolute Gasteiger partial charge is 0.422 e. The van der Waals surface area contributed by atoms with Crippen LogP contribution in [0.1, 0.15) is 135 Å². The SMILES string of the molecule is CCCCCCCCCCCCCCCCCCCCCC(=O)OCC(F)(F)F. The highest BCUT2D eigenvalue weighted by molar-refractivity contribution is 5.69. The fourth-order valence-electron chi connectivity index (χ4n) is 3.58.